The van der Waals surface area contributed by atoms with Crippen LogP contribution < -0.4 is 20.5 Å². The fourth-order valence-electron chi connectivity index (χ4n) is 3.20. The molecule has 5 nitrogen and oxygen atoms in total. The highest BCUT2D eigenvalue weighted by Crippen LogP contribution is 2.32. The summed E-state index contributed by atoms with van der Waals surface area (Å²) in [5, 5.41) is 3.02. The van der Waals surface area contributed by atoms with Gasteiger partial charge in [0.25, 0.3) is 0 Å². The van der Waals surface area contributed by atoms with Crippen LogP contribution in [0.5, 0.6) is 11.5 Å². The third-order valence-electron chi connectivity index (χ3n) is 4.57. The largest absolute Gasteiger partial charge is 0.493 e. The van der Waals surface area contributed by atoms with Crippen molar-refractivity contribution < 1.29 is 14.3 Å². The number of nitrogens with one attached hydrogen (secondary N) is 1. The van der Waals surface area contributed by atoms with E-state index < -0.39 is 5.54 Å². The Morgan fingerprint density at radius 3 is 2.83 bits per heavy atom. The molecule has 128 valence electrons. The third-order valence-corrected chi connectivity index (χ3v) is 4.57. The van der Waals surface area contributed by atoms with Crippen molar-refractivity contribution in [3.63, 3.8) is 0 Å². The molecular weight excluding hydrogens is 292 g/mol. The van der Waals surface area contributed by atoms with E-state index in [1.807, 2.05) is 32.0 Å². The van der Waals surface area contributed by atoms with E-state index in [9.17, 15) is 4.79 Å². The number of hydrogen-bond donors (Lipinski definition) is 2. The van der Waals surface area contributed by atoms with Crippen LogP contribution in [0.25, 0.3) is 0 Å². The summed E-state index contributed by atoms with van der Waals surface area (Å²) in [6.45, 7) is 4.95. The molecule has 2 atom stereocenters. The molecule has 1 aliphatic rings. The minimum absolute atomic E-state index is 0.0449. The number of nitrogens with two attached hydrogens (primary N) is 1. The zero-order valence-corrected chi connectivity index (χ0v) is 14.4. The molecule has 1 fully saturated rings. The van der Waals surface area contributed by atoms with Crippen LogP contribution in [-0.4, -0.2) is 25.2 Å². The molecule has 0 radical (unpaired) electrons. The Morgan fingerprint density at radius 2 is 2.17 bits per heavy atom. The Morgan fingerprint density at radius 1 is 1.39 bits per heavy atom. The predicted molar refractivity (Wildman–Crippen MR) is 90.6 cm³/mol. The Balaban J connectivity index is 2.00. The second kappa shape index (κ2) is 7.68. The quantitative estimate of drug-likeness (QED) is 0.845. The second-order valence-corrected chi connectivity index (χ2v) is 6.44. The average Bonchev–Trinajstić information content (AvgIpc) is 2.52. The zero-order valence-electron chi connectivity index (χ0n) is 14.4. The van der Waals surface area contributed by atoms with Crippen LogP contribution in [0.15, 0.2) is 18.2 Å². The molecule has 1 saturated carbocycles. The number of amides is 1. The van der Waals surface area contributed by atoms with E-state index in [1.54, 1.807) is 7.11 Å². The van der Waals surface area contributed by atoms with Crippen LogP contribution in [0.1, 0.15) is 45.1 Å². The minimum Gasteiger partial charge on any atom is -0.493 e. The summed E-state index contributed by atoms with van der Waals surface area (Å²) in [6.07, 6.45) is 3.95. The molecule has 1 aromatic rings. The van der Waals surface area contributed by atoms with E-state index in [0.29, 0.717) is 24.7 Å². The van der Waals surface area contributed by atoms with Gasteiger partial charge in [-0.15, -0.1) is 0 Å². The standard InChI is InChI=1S/C18H28N2O3/c1-4-23-16-11-13(8-9-15(16)22-3)12-20-17(21)14-7-5-6-10-18(14,2)19/h8-9,11,14H,4-7,10,12,19H2,1-3H3,(H,20,21). The molecule has 5 heteroatoms. The summed E-state index contributed by atoms with van der Waals surface area (Å²) in [7, 11) is 1.62. The van der Waals surface area contributed by atoms with Crippen molar-refractivity contribution in [1.82, 2.24) is 5.32 Å². The van der Waals surface area contributed by atoms with Gasteiger partial charge in [0, 0.05) is 12.1 Å². The topological polar surface area (TPSA) is 73.6 Å². The maximum atomic E-state index is 12.5. The highest BCUT2D eigenvalue weighted by atomic mass is 16.5. The second-order valence-electron chi connectivity index (χ2n) is 6.44. The molecule has 0 aliphatic heterocycles. The van der Waals surface area contributed by atoms with Crippen molar-refractivity contribution in [2.45, 2.75) is 51.6 Å². The van der Waals surface area contributed by atoms with Crippen LogP contribution in [-0.2, 0) is 11.3 Å². The molecule has 2 unspecified atom stereocenters. The molecule has 0 saturated heterocycles. The number of methoxy groups -OCH3 is 1. The normalized spacial score (nSPS) is 24.1. The first kappa shape index (κ1) is 17.6. The fourth-order valence-corrected chi connectivity index (χ4v) is 3.20. The number of carbonyl (C=O) groups excluding carboxylic acids is 1. The van der Waals surface area contributed by atoms with Gasteiger partial charge in [-0.1, -0.05) is 18.9 Å². The highest BCUT2D eigenvalue weighted by molar-refractivity contribution is 5.80. The number of carbonyl (C=O) groups is 1. The maximum Gasteiger partial charge on any atom is 0.225 e. The summed E-state index contributed by atoms with van der Waals surface area (Å²) in [6, 6.07) is 5.70. The lowest BCUT2D eigenvalue weighted by atomic mass is 9.74. The van der Waals surface area contributed by atoms with Crippen molar-refractivity contribution in [2.75, 3.05) is 13.7 Å². The SMILES string of the molecule is CCOc1cc(CNC(=O)C2CCCCC2(C)N)ccc1OC. The first-order chi connectivity index (χ1) is 11.0. The monoisotopic (exact) mass is 320 g/mol. The van der Waals surface area contributed by atoms with E-state index in [2.05, 4.69) is 5.32 Å². The van der Waals surface area contributed by atoms with Gasteiger partial charge in [-0.05, 0) is 44.4 Å². The van der Waals surface area contributed by atoms with Crippen molar-refractivity contribution in [3.8, 4) is 11.5 Å². The number of rotatable bonds is 6. The van der Waals surface area contributed by atoms with E-state index >= 15 is 0 Å². The summed E-state index contributed by atoms with van der Waals surface area (Å²) < 4.78 is 10.8. The lowest BCUT2D eigenvalue weighted by molar-refractivity contribution is -0.128. The molecule has 1 aromatic carbocycles. The lowest BCUT2D eigenvalue weighted by Gasteiger charge is -2.37. The van der Waals surface area contributed by atoms with Crippen molar-refractivity contribution in [3.05, 3.63) is 23.8 Å². The van der Waals surface area contributed by atoms with Crippen LogP contribution in [0.3, 0.4) is 0 Å². The fraction of sp³-hybridized carbons (Fsp3) is 0.611. The number of ether oxygens (including phenoxy) is 2. The molecule has 1 amide bonds. The van der Waals surface area contributed by atoms with Gasteiger partial charge in [0.05, 0.1) is 19.6 Å². The lowest BCUT2D eigenvalue weighted by Crippen LogP contribution is -2.52. The molecule has 2 rings (SSSR count). The third kappa shape index (κ3) is 4.38. The summed E-state index contributed by atoms with van der Waals surface area (Å²) in [5.41, 5.74) is 6.88. The van der Waals surface area contributed by atoms with E-state index in [0.717, 1.165) is 31.2 Å². The van der Waals surface area contributed by atoms with Gasteiger partial charge < -0.3 is 20.5 Å². The van der Waals surface area contributed by atoms with Crippen molar-refractivity contribution in [2.24, 2.45) is 11.7 Å². The highest BCUT2D eigenvalue weighted by Gasteiger charge is 2.37. The van der Waals surface area contributed by atoms with Crippen LogP contribution in [0.4, 0.5) is 0 Å². The molecule has 0 spiro atoms. The van der Waals surface area contributed by atoms with Crippen molar-refractivity contribution >= 4 is 5.91 Å². The van der Waals surface area contributed by atoms with Crippen molar-refractivity contribution in [1.29, 1.82) is 0 Å². The van der Waals surface area contributed by atoms with E-state index in [-0.39, 0.29) is 11.8 Å². The van der Waals surface area contributed by atoms with Crippen LogP contribution >= 0.6 is 0 Å². The van der Waals surface area contributed by atoms with Crippen LogP contribution in [0, 0.1) is 5.92 Å². The molecule has 0 aromatic heterocycles. The number of hydrogen-bond acceptors (Lipinski definition) is 4. The average molecular weight is 320 g/mol. The molecule has 23 heavy (non-hydrogen) atoms. The molecular formula is C18H28N2O3. The smallest absolute Gasteiger partial charge is 0.225 e. The van der Waals surface area contributed by atoms with Gasteiger partial charge in [-0.2, -0.15) is 0 Å². The van der Waals surface area contributed by atoms with Crippen LogP contribution in [0.2, 0.25) is 0 Å². The Bertz CT molecular complexity index is 543. The Hall–Kier alpha value is -1.75. The molecule has 0 heterocycles. The first-order valence-electron chi connectivity index (χ1n) is 8.34. The van der Waals surface area contributed by atoms with Gasteiger partial charge in [0.1, 0.15) is 0 Å². The molecule has 1 aliphatic carbocycles. The van der Waals surface area contributed by atoms with E-state index in [4.69, 9.17) is 15.2 Å². The van der Waals surface area contributed by atoms with Gasteiger partial charge in [-0.3, -0.25) is 4.79 Å². The van der Waals surface area contributed by atoms with Gasteiger partial charge in [0.2, 0.25) is 5.91 Å². The van der Waals surface area contributed by atoms with E-state index in [1.165, 1.54) is 0 Å². The van der Waals surface area contributed by atoms with Gasteiger partial charge in [-0.25, -0.2) is 0 Å². The maximum absolute atomic E-state index is 12.5. The predicted octanol–water partition coefficient (Wildman–Crippen LogP) is 2.62. The summed E-state index contributed by atoms with van der Waals surface area (Å²) in [5.74, 6) is 1.33. The Labute approximate surface area is 138 Å². The van der Waals surface area contributed by atoms with Gasteiger partial charge >= 0.3 is 0 Å². The zero-order chi connectivity index (χ0) is 16.9. The number of benzene rings is 1. The van der Waals surface area contributed by atoms with Gasteiger partial charge in [0.15, 0.2) is 11.5 Å². The molecule has 3 N–H and O–H groups in total. The Kier molecular flexibility index (Phi) is 5.88. The summed E-state index contributed by atoms with van der Waals surface area (Å²) in [4.78, 5) is 12.5. The summed E-state index contributed by atoms with van der Waals surface area (Å²) >= 11 is 0. The minimum atomic E-state index is -0.404. The molecule has 0 bridgehead atoms. The first-order valence-corrected chi connectivity index (χ1v) is 8.34.